The molecule has 2 aliphatic rings. The molecule has 0 saturated carbocycles. The van der Waals surface area contributed by atoms with Gasteiger partial charge < -0.3 is 19.8 Å². The van der Waals surface area contributed by atoms with Gasteiger partial charge in [-0.2, -0.15) is 0 Å². The van der Waals surface area contributed by atoms with Gasteiger partial charge in [-0.15, -0.1) is 0 Å². The number of aliphatic hydroxyl groups excluding tert-OH is 2. The quantitative estimate of drug-likeness (QED) is 0.672. The molecule has 0 spiro atoms. The van der Waals surface area contributed by atoms with Gasteiger partial charge in [0.1, 0.15) is 5.60 Å². The summed E-state index contributed by atoms with van der Waals surface area (Å²) >= 11 is 0. The second-order valence-corrected chi connectivity index (χ2v) is 6.13. The molecule has 6 nitrogen and oxygen atoms in total. The third-order valence-corrected chi connectivity index (χ3v) is 3.27. The van der Waals surface area contributed by atoms with Gasteiger partial charge in [0.05, 0.1) is 24.8 Å². The van der Waals surface area contributed by atoms with E-state index in [1.54, 1.807) is 0 Å². The first-order valence-electron chi connectivity index (χ1n) is 6.34. The Kier molecular flexibility index (Phi) is 3.53. The molecule has 2 heterocycles. The SMILES string of the molecule is CC(C)(C)OC(=O)N1C[C@@H](O)[C@H](N2CC(O)C2)C1. The average molecular weight is 258 g/mol. The van der Waals surface area contributed by atoms with Crippen LogP contribution in [0.4, 0.5) is 4.79 Å². The van der Waals surface area contributed by atoms with Gasteiger partial charge in [-0.05, 0) is 20.8 Å². The molecule has 0 aromatic carbocycles. The fourth-order valence-corrected chi connectivity index (χ4v) is 2.36. The van der Waals surface area contributed by atoms with E-state index in [0.29, 0.717) is 26.2 Å². The Labute approximate surface area is 107 Å². The zero-order valence-electron chi connectivity index (χ0n) is 11.2. The normalized spacial score (nSPS) is 30.4. The molecule has 6 heteroatoms. The Hall–Kier alpha value is -0.850. The van der Waals surface area contributed by atoms with Gasteiger partial charge in [-0.1, -0.05) is 0 Å². The van der Waals surface area contributed by atoms with E-state index < -0.39 is 11.7 Å². The summed E-state index contributed by atoms with van der Waals surface area (Å²) < 4.78 is 5.28. The molecule has 2 fully saturated rings. The number of ether oxygens (including phenoxy) is 1. The Balaban J connectivity index is 1.88. The number of hydrogen-bond donors (Lipinski definition) is 2. The van der Waals surface area contributed by atoms with Crippen molar-refractivity contribution in [3.8, 4) is 0 Å². The monoisotopic (exact) mass is 258 g/mol. The van der Waals surface area contributed by atoms with E-state index in [4.69, 9.17) is 4.74 Å². The highest BCUT2D eigenvalue weighted by molar-refractivity contribution is 5.68. The second-order valence-electron chi connectivity index (χ2n) is 6.13. The molecule has 0 radical (unpaired) electrons. The molecule has 2 aliphatic heterocycles. The van der Waals surface area contributed by atoms with Gasteiger partial charge in [-0.3, -0.25) is 4.90 Å². The van der Waals surface area contributed by atoms with Gasteiger partial charge >= 0.3 is 6.09 Å². The van der Waals surface area contributed by atoms with Gasteiger partial charge in [0.2, 0.25) is 0 Å². The fraction of sp³-hybridized carbons (Fsp3) is 0.917. The molecular formula is C12H22N2O4. The zero-order chi connectivity index (χ0) is 13.5. The molecule has 0 aromatic rings. The van der Waals surface area contributed by atoms with Gasteiger partial charge in [0.25, 0.3) is 0 Å². The Bertz CT molecular complexity index is 323. The lowest BCUT2D eigenvalue weighted by atomic mass is 10.1. The molecule has 0 aromatic heterocycles. The van der Waals surface area contributed by atoms with Crippen molar-refractivity contribution in [3.05, 3.63) is 0 Å². The number of rotatable bonds is 1. The first kappa shape index (κ1) is 13.6. The van der Waals surface area contributed by atoms with Crippen LogP contribution in [0.5, 0.6) is 0 Å². The van der Waals surface area contributed by atoms with Crippen LogP contribution in [-0.2, 0) is 4.74 Å². The minimum Gasteiger partial charge on any atom is -0.444 e. The van der Waals surface area contributed by atoms with Crippen LogP contribution in [0.15, 0.2) is 0 Å². The number of amides is 1. The third-order valence-electron chi connectivity index (χ3n) is 3.27. The lowest BCUT2D eigenvalue weighted by molar-refractivity contribution is -0.0459. The highest BCUT2D eigenvalue weighted by Gasteiger charge is 2.42. The van der Waals surface area contributed by atoms with Crippen LogP contribution in [0.25, 0.3) is 0 Å². The van der Waals surface area contributed by atoms with Crippen molar-refractivity contribution >= 4 is 6.09 Å². The summed E-state index contributed by atoms with van der Waals surface area (Å²) in [4.78, 5) is 15.4. The number of nitrogens with zero attached hydrogens (tertiary/aromatic N) is 2. The summed E-state index contributed by atoms with van der Waals surface area (Å²) in [5.41, 5.74) is -0.521. The largest absolute Gasteiger partial charge is 0.444 e. The van der Waals surface area contributed by atoms with E-state index >= 15 is 0 Å². The lowest BCUT2D eigenvalue weighted by Crippen LogP contribution is -2.58. The fourth-order valence-electron chi connectivity index (χ4n) is 2.36. The molecule has 2 N–H and O–H groups in total. The first-order chi connectivity index (χ1) is 8.26. The average Bonchev–Trinajstić information content (AvgIpc) is 2.53. The molecular weight excluding hydrogens is 236 g/mol. The zero-order valence-corrected chi connectivity index (χ0v) is 11.2. The van der Waals surface area contributed by atoms with Crippen molar-refractivity contribution in [3.63, 3.8) is 0 Å². The van der Waals surface area contributed by atoms with Crippen LogP contribution in [0, 0.1) is 0 Å². The summed E-state index contributed by atoms with van der Waals surface area (Å²) in [6.07, 6.45) is -1.25. The minimum absolute atomic E-state index is 0.0825. The maximum absolute atomic E-state index is 11.9. The van der Waals surface area contributed by atoms with Gasteiger partial charge in [0, 0.05) is 19.6 Å². The summed E-state index contributed by atoms with van der Waals surface area (Å²) in [6.45, 7) is 7.37. The number of carbonyl (C=O) groups is 1. The first-order valence-corrected chi connectivity index (χ1v) is 6.34. The van der Waals surface area contributed by atoms with Crippen LogP contribution in [-0.4, -0.2) is 76.1 Å². The summed E-state index contributed by atoms with van der Waals surface area (Å²) in [6, 6.07) is -0.0825. The van der Waals surface area contributed by atoms with Crippen LogP contribution < -0.4 is 0 Å². The van der Waals surface area contributed by atoms with Crippen molar-refractivity contribution in [2.75, 3.05) is 26.2 Å². The van der Waals surface area contributed by atoms with Crippen molar-refractivity contribution in [2.45, 2.75) is 44.6 Å². The number of aliphatic hydroxyl groups is 2. The summed E-state index contributed by atoms with van der Waals surface area (Å²) in [5.74, 6) is 0. The van der Waals surface area contributed by atoms with E-state index in [1.807, 2.05) is 25.7 Å². The smallest absolute Gasteiger partial charge is 0.410 e. The lowest BCUT2D eigenvalue weighted by Gasteiger charge is -2.41. The molecule has 0 unspecified atom stereocenters. The number of β-amino-alcohol motifs (C(OH)–C–C–N with tert-alkyl or cyclic N) is 2. The molecule has 0 aliphatic carbocycles. The Morgan fingerprint density at radius 1 is 1.17 bits per heavy atom. The van der Waals surface area contributed by atoms with Crippen molar-refractivity contribution in [1.82, 2.24) is 9.80 Å². The van der Waals surface area contributed by atoms with E-state index in [9.17, 15) is 15.0 Å². The number of likely N-dealkylation sites (tertiary alicyclic amines) is 2. The van der Waals surface area contributed by atoms with Gasteiger partial charge in [0.15, 0.2) is 0 Å². The molecule has 0 bridgehead atoms. The van der Waals surface area contributed by atoms with Crippen LogP contribution >= 0.6 is 0 Å². The van der Waals surface area contributed by atoms with Crippen LogP contribution in [0.3, 0.4) is 0 Å². The van der Waals surface area contributed by atoms with Crippen LogP contribution in [0.2, 0.25) is 0 Å². The molecule has 18 heavy (non-hydrogen) atoms. The predicted molar refractivity (Wildman–Crippen MR) is 65.2 cm³/mol. The maximum Gasteiger partial charge on any atom is 0.410 e. The molecule has 2 saturated heterocycles. The van der Waals surface area contributed by atoms with E-state index in [2.05, 4.69) is 0 Å². The Morgan fingerprint density at radius 2 is 1.78 bits per heavy atom. The number of carbonyl (C=O) groups excluding carboxylic acids is 1. The molecule has 2 rings (SSSR count). The van der Waals surface area contributed by atoms with E-state index in [0.717, 1.165) is 0 Å². The second kappa shape index (κ2) is 4.68. The van der Waals surface area contributed by atoms with E-state index in [-0.39, 0.29) is 18.2 Å². The molecule has 104 valence electrons. The minimum atomic E-state index is -0.565. The van der Waals surface area contributed by atoms with Crippen molar-refractivity contribution in [2.24, 2.45) is 0 Å². The molecule has 2 atom stereocenters. The third kappa shape index (κ3) is 2.93. The van der Waals surface area contributed by atoms with Crippen LogP contribution in [0.1, 0.15) is 20.8 Å². The highest BCUT2D eigenvalue weighted by Crippen LogP contribution is 2.23. The van der Waals surface area contributed by atoms with Crippen molar-refractivity contribution < 1.29 is 19.7 Å². The maximum atomic E-state index is 11.9. The topological polar surface area (TPSA) is 73.2 Å². The number of hydrogen-bond acceptors (Lipinski definition) is 5. The highest BCUT2D eigenvalue weighted by atomic mass is 16.6. The Morgan fingerprint density at radius 3 is 2.28 bits per heavy atom. The standard InChI is InChI=1S/C12H22N2O4/c1-12(2,3)18-11(17)14-6-9(10(16)7-14)13-4-8(15)5-13/h8-10,15-16H,4-7H2,1-3H3/t9-,10-/m1/s1. The van der Waals surface area contributed by atoms with Gasteiger partial charge in [-0.25, -0.2) is 4.79 Å². The van der Waals surface area contributed by atoms with Crippen molar-refractivity contribution in [1.29, 1.82) is 0 Å². The molecule has 1 amide bonds. The van der Waals surface area contributed by atoms with E-state index in [1.165, 1.54) is 4.90 Å². The summed E-state index contributed by atoms with van der Waals surface area (Å²) in [5, 5.41) is 19.2. The summed E-state index contributed by atoms with van der Waals surface area (Å²) in [7, 11) is 0. The predicted octanol–water partition coefficient (Wildman–Crippen LogP) is -0.357.